The molecule has 0 unspecified atom stereocenters. The van der Waals surface area contributed by atoms with E-state index in [2.05, 4.69) is 34.6 Å². The van der Waals surface area contributed by atoms with Crippen LogP contribution in [-0.2, 0) is 9.53 Å². The van der Waals surface area contributed by atoms with Gasteiger partial charge in [-0.25, -0.2) is 0 Å². The zero-order valence-electron chi connectivity index (χ0n) is 21.1. The highest BCUT2D eigenvalue weighted by Gasteiger charge is 2.67. The Morgan fingerprint density at radius 2 is 1.77 bits per heavy atom. The molecule has 4 rings (SSSR count). The van der Waals surface area contributed by atoms with Crippen molar-refractivity contribution in [3.63, 3.8) is 0 Å². The van der Waals surface area contributed by atoms with E-state index in [1.54, 1.807) is 7.11 Å². The molecule has 0 spiro atoms. The van der Waals surface area contributed by atoms with Gasteiger partial charge < -0.3 is 9.84 Å². The molecule has 0 saturated heterocycles. The first-order chi connectivity index (χ1) is 14.6. The maximum absolute atomic E-state index is 13.5. The molecule has 0 aromatic carbocycles. The van der Waals surface area contributed by atoms with Gasteiger partial charge in [-0.1, -0.05) is 53.9 Å². The summed E-state index contributed by atoms with van der Waals surface area (Å²) in [4.78, 5) is 13.5. The van der Waals surface area contributed by atoms with Crippen molar-refractivity contribution in [3.05, 3.63) is 0 Å². The van der Waals surface area contributed by atoms with E-state index < -0.39 is 5.60 Å². The van der Waals surface area contributed by atoms with Crippen LogP contribution in [0.1, 0.15) is 105 Å². The predicted molar refractivity (Wildman–Crippen MR) is 126 cm³/mol. The van der Waals surface area contributed by atoms with Crippen LogP contribution in [0.25, 0.3) is 0 Å². The zero-order valence-corrected chi connectivity index (χ0v) is 21.1. The molecule has 0 aromatic rings. The lowest BCUT2D eigenvalue weighted by atomic mass is 9.42. The van der Waals surface area contributed by atoms with Crippen LogP contribution in [0, 0.1) is 46.3 Å². The van der Waals surface area contributed by atoms with Crippen LogP contribution < -0.4 is 0 Å². The van der Waals surface area contributed by atoms with Crippen molar-refractivity contribution in [2.45, 2.75) is 117 Å². The molecule has 4 aliphatic carbocycles. The molecule has 3 heteroatoms. The Kier molecular flexibility index (Phi) is 6.45. The second kappa shape index (κ2) is 8.42. The second-order valence-electron chi connectivity index (χ2n) is 12.9. The van der Waals surface area contributed by atoms with Crippen LogP contribution in [-0.4, -0.2) is 29.7 Å². The Morgan fingerprint density at radius 1 is 1.03 bits per heavy atom. The summed E-state index contributed by atoms with van der Waals surface area (Å²) in [5.74, 6) is 4.14. The van der Waals surface area contributed by atoms with Crippen LogP contribution in [0.4, 0.5) is 0 Å². The fourth-order valence-electron chi connectivity index (χ4n) is 9.23. The quantitative estimate of drug-likeness (QED) is 0.527. The fourth-order valence-corrected chi connectivity index (χ4v) is 9.23. The second-order valence-corrected chi connectivity index (χ2v) is 12.9. The number of Topliss-reactive ketones (excluding diaryl/α,β-unsaturated/α-hetero) is 1. The predicted octanol–water partition coefficient (Wildman–Crippen LogP) is 6.42. The maximum Gasteiger partial charge on any atom is 0.165 e. The van der Waals surface area contributed by atoms with Gasteiger partial charge in [0.05, 0.1) is 6.10 Å². The number of fused-ring (bicyclic) bond motifs is 5. The summed E-state index contributed by atoms with van der Waals surface area (Å²) in [5, 5.41) is 11.7. The summed E-state index contributed by atoms with van der Waals surface area (Å²) in [7, 11) is 1.72. The molecule has 9 atom stereocenters. The van der Waals surface area contributed by atoms with Gasteiger partial charge in [0, 0.05) is 25.4 Å². The molecule has 0 amide bonds. The van der Waals surface area contributed by atoms with Crippen molar-refractivity contribution in [1.29, 1.82) is 0 Å². The zero-order chi connectivity index (χ0) is 22.6. The van der Waals surface area contributed by atoms with Crippen molar-refractivity contribution >= 4 is 5.78 Å². The minimum absolute atomic E-state index is 0.0231. The molecule has 4 fully saturated rings. The molecule has 0 bridgehead atoms. The van der Waals surface area contributed by atoms with E-state index in [9.17, 15) is 9.90 Å². The molecule has 0 aliphatic heterocycles. The molecule has 1 N–H and O–H groups in total. The number of ether oxygens (including phenoxy) is 1. The highest BCUT2D eigenvalue weighted by molar-refractivity contribution is 5.89. The smallest absolute Gasteiger partial charge is 0.165 e. The summed E-state index contributed by atoms with van der Waals surface area (Å²) in [6.45, 7) is 12.0. The molecule has 4 aliphatic rings. The van der Waals surface area contributed by atoms with E-state index in [1.807, 2.05) is 0 Å². The largest absolute Gasteiger partial charge is 0.381 e. The molecule has 3 nitrogen and oxygen atoms in total. The molecule has 178 valence electrons. The van der Waals surface area contributed by atoms with E-state index in [0.29, 0.717) is 36.0 Å². The van der Waals surface area contributed by atoms with Crippen LogP contribution in [0.5, 0.6) is 0 Å². The first-order valence-electron chi connectivity index (χ1n) is 13.3. The van der Waals surface area contributed by atoms with Gasteiger partial charge in [-0.3, -0.25) is 4.79 Å². The number of hydrogen-bond acceptors (Lipinski definition) is 3. The number of carbonyl (C=O) groups is 1. The van der Waals surface area contributed by atoms with Gasteiger partial charge in [0.2, 0.25) is 0 Å². The number of hydrogen-bond donors (Lipinski definition) is 1. The van der Waals surface area contributed by atoms with E-state index in [0.717, 1.165) is 30.6 Å². The summed E-state index contributed by atoms with van der Waals surface area (Å²) in [6.07, 6.45) is 12.2. The van der Waals surface area contributed by atoms with Gasteiger partial charge in [0.15, 0.2) is 5.78 Å². The molecule has 0 heterocycles. The molecule has 0 radical (unpaired) electrons. The van der Waals surface area contributed by atoms with Crippen molar-refractivity contribution < 1.29 is 14.6 Å². The van der Waals surface area contributed by atoms with Crippen LogP contribution >= 0.6 is 0 Å². The van der Waals surface area contributed by atoms with Gasteiger partial charge in [-0.2, -0.15) is 0 Å². The van der Waals surface area contributed by atoms with Gasteiger partial charge in [0.25, 0.3) is 0 Å². The van der Waals surface area contributed by atoms with Crippen molar-refractivity contribution in [2.24, 2.45) is 46.3 Å². The van der Waals surface area contributed by atoms with Crippen molar-refractivity contribution in [1.82, 2.24) is 0 Å². The summed E-state index contributed by atoms with van der Waals surface area (Å²) < 4.78 is 5.60. The molecular formula is C28H48O3. The maximum atomic E-state index is 13.5. The highest BCUT2D eigenvalue weighted by Crippen LogP contribution is 2.68. The Balaban J connectivity index is 1.53. The van der Waals surface area contributed by atoms with E-state index in [4.69, 9.17) is 4.74 Å². The van der Waals surface area contributed by atoms with Gasteiger partial charge in [-0.05, 0) is 79.4 Å². The van der Waals surface area contributed by atoms with Crippen LogP contribution in [0.15, 0.2) is 0 Å². The third-order valence-electron chi connectivity index (χ3n) is 11.1. The number of ketones is 1. The standard InChI is InChI=1S/C28H48O3/c1-18(2)8-7-9-19(3)22-10-11-23-21-16-25(29)28(30)17-20(31-6)12-15-27(28,5)24(21)13-14-26(22,23)4/h18-24,30H,7-17H2,1-6H3/t19-,20-,21+,22-,23-,24-,26-,27-,28+/m1/s1. The average molecular weight is 433 g/mol. The topological polar surface area (TPSA) is 46.5 Å². The van der Waals surface area contributed by atoms with Crippen molar-refractivity contribution in [2.75, 3.05) is 7.11 Å². The number of methoxy groups -OCH3 is 1. The fraction of sp³-hybridized carbons (Fsp3) is 0.964. The monoisotopic (exact) mass is 432 g/mol. The molecular weight excluding hydrogens is 384 g/mol. The Morgan fingerprint density at radius 3 is 2.45 bits per heavy atom. The first-order valence-corrected chi connectivity index (χ1v) is 13.3. The van der Waals surface area contributed by atoms with E-state index in [1.165, 1.54) is 44.9 Å². The summed E-state index contributed by atoms with van der Waals surface area (Å²) in [5.41, 5.74) is -1.07. The normalized spacial score (nSPS) is 48.3. The number of carbonyl (C=O) groups excluding carboxylic acids is 1. The summed E-state index contributed by atoms with van der Waals surface area (Å²) >= 11 is 0. The summed E-state index contributed by atoms with van der Waals surface area (Å²) in [6, 6.07) is 0. The average Bonchev–Trinajstić information content (AvgIpc) is 3.06. The Hall–Kier alpha value is -0.410. The Labute approximate surface area is 191 Å². The molecule has 4 saturated carbocycles. The van der Waals surface area contributed by atoms with E-state index >= 15 is 0 Å². The van der Waals surface area contributed by atoms with Crippen LogP contribution in [0.2, 0.25) is 0 Å². The highest BCUT2D eigenvalue weighted by atomic mass is 16.5. The van der Waals surface area contributed by atoms with Gasteiger partial charge in [0.1, 0.15) is 5.60 Å². The van der Waals surface area contributed by atoms with Gasteiger partial charge in [-0.15, -0.1) is 0 Å². The van der Waals surface area contributed by atoms with Crippen molar-refractivity contribution in [3.8, 4) is 0 Å². The lowest BCUT2D eigenvalue weighted by Crippen LogP contribution is -2.67. The minimum Gasteiger partial charge on any atom is -0.381 e. The SMILES string of the molecule is CO[C@@H]1CC[C@]2(C)[C@@H]3CC[C@@]4(C)[C@H](CC[C@@H]4[C@H](C)CCCC(C)C)[C@@H]3CC(=O)[C@@]2(O)C1. The van der Waals surface area contributed by atoms with Gasteiger partial charge >= 0.3 is 0 Å². The van der Waals surface area contributed by atoms with Crippen LogP contribution in [0.3, 0.4) is 0 Å². The Bertz CT molecular complexity index is 673. The number of aliphatic hydroxyl groups is 1. The molecule has 0 aromatic heterocycles. The third kappa shape index (κ3) is 3.65. The lowest BCUT2D eigenvalue weighted by molar-refractivity contribution is -0.215. The number of rotatable bonds is 6. The lowest BCUT2D eigenvalue weighted by Gasteiger charge is -2.63. The minimum atomic E-state index is -1.18. The first kappa shape index (κ1) is 23.7. The third-order valence-corrected chi connectivity index (χ3v) is 11.1. The molecule has 31 heavy (non-hydrogen) atoms. The van der Waals surface area contributed by atoms with E-state index in [-0.39, 0.29) is 17.3 Å².